The zero-order valence-corrected chi connectivity index (χ0v) is 9.61. The highest BCUT2D eigenvalue weighted by molar-refractivity contribution is 5.65. The van der Waals surface area contributed by atoms with Crippen LogP contribution in [0.4, 0.5) is 5.69 Å². The first-order chi connectivity index (χ1) is 7.79. The molecular weight excluding hydrogens is 194 g/mol. The molecule has 0 spiro atoms. The van der Waals surface area contributed by atoms with Crippen LogP contribution >= 0.6 is 0 Å². The van der Waals surface area contributed by atoms with E-state index in [0.29, 0.717) is 0 Å². The van der Waals surface area contributed by atoms with Crippen molar-refractivity contribution in [3.8, 4) is 11.1 Å². The number of aryl methyl sites for hydroxylation is 1. The molecule has 0 fully saturated rings. The Labute approximate surface area is 96.9 Å². The summed E-state index contributed by atoms with van der Waals surface area (Å²) in [5.74, 6) is 0. The summed E-state index contributed by atoms with van der Waals surface area (Å²) in [7, 11) is 0. The van der Waals surface area contributed by atoms with Gasteiger partial charge in [-0.15, -0.1) is 0 Å². The number of rotatable bonds is 3. The zero-order valence-electron chi connectivity index (χ0n) is 9.61. The van der Waals surface area contributed by atoms with Gasteiger partial charge in [0.15, 0.2) is 0 Å². The topological polar surface area (TPSA) is 26.0 Å². The van der Waals surface area contributed by atoms with E-state index in [1.165, 1.54) is 23.1 Å². The summed E-state index contributed by atoms with van der Waals surface area (Å²) < 4.78 is 0. The van der Waals surface area contributed by atoms with Gasteiger partial charge in [-0.25, -0.2) is 0 Å². The van der Waals surface area contributed by atoms with Crippen LogP contribution in [0.25, 0.3) is 11.1 Å². The fraction of sp³-hybridized carbons (Fsp3) is 0.200. The molecule has 0 heterocycles. The molecule has 0 aliphatic rings. The average Bonchev–Trinajstić information content (AvgIpc) is 2.32. The van der Waals surface area contributed by atoms with Crippen molar-refractivity contribution in [3.05, 3.63) is 54.1 Å². The van der Waals surface area contributed by atoms with E-state index in [9.17, 15) is 0 Å². The predicted octanol–water partition coefficient (Wildman–Crippen LogP) is 3.89. The third kappa shape index (κ3) is 2.43. The normalized spacial score (nSPS) is 10.3. The fourth-order valence-corrected chi connectivity index (χ4v) is 1.83. The Morgan fingerprint density at radius 1 is 0.812 bits per heavy atom. The van der Waals surface area contributed by atoms with Crippen LogP contribution in [0.3, 0.4) is 0 Å². The standard InChI is InChI=1S/C15H17N/c1-2-3-12-4-6-13(7-5-12)14-8-10-15(16)11-9-14/h4-11H,2-3,16H2,1H3. The monoisotopic (exact) mass is 211 g/mol. The molecule has 0 saturated carbocycles. The molecule has 0 radical (unpaired) electrons. The fourth-order valence-electron chi connectivity index (χ4n) is 1.83. The molecule has 0 bridgehead atoms. The van der Waals surface area contributed by atoms with Crippen molar-refractivity contribution in [1.29, 1.82) is 0 Å². The lowest BCUT2D eigenvalue weighted by atomic mass is 10.0. The summed E-state index contributed by atoms with van der Waals surface area (Å²) in [6.07, 6.45) is 2.35. The number of nitrogens with two attached hydrogens (primary N) is 1. The lowest BCUT2D eigenvalue weighted by Crippen LogP contribution is -1.85. The van der Waals surface area contributed by atoms with Crippen LogP contribution in [-0.2, 0) is 6.42 Å². The van der Waals surface area contributed by atoms with Gasteiger partial charge in [-0.3, -0.25) is 0 Å². The van der Waals surface area contributed by atoms with Gasteiger partial charge in [0, 0.05) is 5.69 Å². The smallest absolute Gasteiger partial charge is 0.0314 e. The summed E-state index contributed by atoms with van der Waals surface area (Å²) in [6, 6.07) is 16.8. The molecule has 2 aromatic rings. The number of anilines is 1. The Balaban J connectivity index is 2.24. The molecule has 1 nitrogen and oxygen atoms in total. The second kappa shape index (κ2) is 4.84. The molecule has 2 rings (SSSR count). The van der Waals surface area contributed by atoms with Crippen molar-refractivity contribution in [3.63, 3.8) is 0 Å². The summed E-state index contributed by atoms with van der Waals surface area (Å²) in [4.78, 5) is 0. The molecule has 2 aromatic carbocycles. The van der Waals surface area contributed by atoms with Gasteiger partial charge in [0.25, 0.3) is 0 Å². The quantitative estimate of drug-likeness (QED) is 0.766. The lowest BCUT2D eigenvalue weighted by Gasteiger charge is -2.04. The van der Waals surface area contributed by atoms with Crippen LogP contribution in [0.2, 0.25) is 0 Å². The second-order valence-electron chi connectivity index (χ2n) is 4.07. The molecule has 0 aliphatic carbocycles. The molecule has 0 aliphatic heterocycles. The van der Waals surface area contributed by atoms with Gasteiger partial charge in [-0.05, 0) is 35.2 Å². The van der Waals surface area contributed by atoms with Gasteiger partial charge in [0.1, 0.15) is 0 Å². The van der Waals surface area contributed by atoms with Crippen molar-refractivity contribution in [2.24, 2.45) is 0 Å². The van der Waals surface area contributed by atoms with Gasteiger partial charge in [0.2, 0.25) is 0 Å². The Kier molecular flexibility index (Phi) is 3.25. The first-order valence-electron chi connectivity index (χ1n) is 5.74. The summed E-state index contributed by atoms with van der Waals surface area (Å²) in [5, 5.41) is 0. The van der Waals surface area contributed by atoms with Crippen LogP contribution in [-0.4, -0.2) is 0 Å². The molecule has 82 valence electrons. The highest BCUT2D eigenvalue weighted by atomic mass is 14.5. The lowest BCUT2D eigenvalue weighted by molar-refractivity contribution is 0.922. The van der Waals surface area contributed by atoms with E-state index >= 15 is 0 Å². The summed E-state index contributed by atoms with van der Waals surface area (Å²) in [6.45, 7) is 2.20. The Hall–Kier alpha value is -1.76. The molecule has 0 aromatic heterocycles. The maximum Gasteiger partial charge on any atom is 0.0314 e. The van der Waals surface area contributed by atoms with Crippen molar-refractivity contribution in [2.45, 2.75) is 19.8 Å². The first kappa shape index (κ1) is 10.7. The predicted molar refractivity (Wildman–Crippen MR) is 70.3 cm³/mol. The molecule has 1 heteroatoms. The number of benzene rings is 2. The minimum absolute atomic E-state index is 0.811. The Morgan fingerprint density at radius 2 is 1.31 bits per heavy atom. The second-order valence-corrected chi connectivity index (χ2v) is 4.07. The molecule has 0 atom stereocenters. The largest absolute Gasteiger partial charge is 0.399 e. The SMILES string of the molecule is CCCc1ccc(-c2ccc(N)cc2)cc1. The molecule has 16 heavy (non-hydrogen) atoms. The third-order valence-electron chi connectivity index (χ3n) is 2.74. The highest BCUT2D eigenvalue weighted by Gasteiger charge is 1.97. The van der Waals surface area contributed by atoms with Crippen molar-refractivity contribution < 1.29 is 0 Å². The molecule has 0 saturated heterocycles. The van der Waals surface area contributed by atoms with E-state index in [-0.39, 0.29) is 0 Å². The van der Waals surface area contributed by atoms with E-state index in [4.69, 9.17) is 5.73 Å². The summed E-state index contributed by atoms with van der Waals surface area (Å²) >= 11 is 0. The van der Waals surface area contributed by atoms with Crippen LogP contribution in [0.1, 0.15) is 18.9 Å². The summed E-state index contributed by atoms with van der Waals surface area (Å²) in [5.41, 5.74) is 10.4. The van der Waals surface area contributed by atoms with Gasteiger partial charge in [0.05, 0.1) is 0 Å². The Morgan fingerprint density at radius 3 is 1.81 bits per heavy atom. The highest BCUT2D eigenvalue weighted by Crippen LogP contribution is 2.21. The van der Waals surface area contributed by atoms with E-state index in [2.05, 4.69) is 43.3 Å². The molecule has 2 N–H and O–H groups in total. The van der Waals surface area contributed by atoms with Gasteiger partial charge < -0.3 is 5.73 Å². The minimum Gasteiger partial charge on any atom is -0.399 e. The van der Waals surface area contributed by atoms with Crippen molar-refractivity contribution in [1.82, 2.24) is 0 Å². The van der Waals surface area contributed by atoms with Crippen LogP contribution in [0.15, 0.2) is 48.5 Å². The number of nitrogen functional groups attached to an aromatic ring is 1. The maximum absolute atomic E-state index is 5.67. The third-order valence-corrected chi connectivity index (χ3v) is 2.74. The van der Waals surface area contributed by atoms with Crippen LogP contribution in [0, 0.1) is 0 Å². The van der Waals surface area contributed by atoms with E-state index in [1.807, 2.05) is 12.1 Å². The molecule has 0 unspecified atom stereocenters. The number of hydrogen-bond donors (Lipinski definition) is 1. The Bertz CT molecular complexity index is 440. The first-order valence-corrected chi connectivity index (χ1v) is 5.74. The van der Waals surface area contributed by atoms with E-state index < -0.39 is 0 Å². The van der Waals surface area contributed by atoms with Gasteiger partial charge in [-0.1, -0.05) is 49.7 Å². The van der Waals surface area contributed by atoms with Crippen molar-refractivity contribution >= 4 is 5.69 Å². The van der Waals surface area contributed by atoms with Crippen LogP contribution < -0.4 is 5.73 Å². The van der Waals surface area contributed by atoms with Gasteiger partial charge in [-0.2, -0.15) is 0 Å². The van der Waals surface area contributed by atoms with Crippen LogP contribution in [0.5, 0.6) is 0 Å². The van der Waals surface area contributed by atoms with E-state index in [0.717, 1.165) is 12.1 Å². The zero-order chi connectivity index (χ0) is 11.4. The maximum atomic E-state index is 5.67. The average molecular weight is 211 g/mol. The molecular formula is C15H17N. The molecule has 0 amide bonds. The minimum atomic E-state index is 0.811. The number of hydrogen-bond acceptors (Lipinski definition) is 1. The van der Waals surface area contributed by atoms with Crippen molar-refractivity contribution in [2.75, 3.05) is 5.73 Å². The van der Waals surface area contributed by atoms with E-state index in [1.54, 1.807) is 0 Å². The van der Waals surface area contributed by atoms with Gasteiger partial charge >= 0.3 is 0 Å².